The number of carboxylic acid groups (broad SMARTS) is 4. The molecule has 0 saturated carbocycles. The number of aromatic nitrogens is 2. The van der Waals surface area contributed by atoms with Crippen LogP contribution >= 0.6 is 0 Å². The van der Waals surface area contributed by atoms with Crippen LogP contribution in [0.3, 0.4) is 0 Å². The largest absolute Gasteiger partial charge is 0.480 e. The predicted octanol–water partition coefficient (Wildman–Crippen LogP) is 6.15. The highest BCUT2D eigenvalue weighted by atomic mass is 16.4. The van der Waals surface area contributed by atoms with Crippen LogP contribution in [0.15, 0.2) is 122 Å². The summed E-state index contributed by atoms with van der Waals surface area (Å²) in [6.45, 7) is 7.15. The number of carbonyl (C=O) groups is 8. The molecular weight excluding hydrogens is 877 g/mol. The van der Waals surface area contributed by atoms with Crippen LogP contribution in [0, 0.1) is 27.7 Å². The molecule has 6 aromatic rings. The van der Waals surface area contributed by atoms with Crippen molar-refractivity contribution in [1.82, 2.24) is 20.6 Å². The number of aromatic carboxylic acids is 2. The molecule has 8 N–H and O–H groups in total. The molecular formula is C50H46N6O12. The quantitative estimate of drug-likeness (QED) is 0.0541. The monoisotopic (exact) mass is 922 g/mol. The van der Waals surface area contributed by atoms with Crippen LogP contribution < -0.4 is 21.3 Å². The molecule has 2 unspecified atom stereocenters. The first-order valence-electron chi connectivity index (χ1n) is 20.7. The second-order valence-corrected chi connectivity index (χ2v) is 15.4. The maximum absolute atomic E-state index is 12.7. The minimum atomic E-state index is -1.27. The van der Waals surface area contributed by atoms with Gasteiger partial charge in [0.25, 0.3) is 23.6 Å². The fourth-order valence-corrected chi connectivity index (χ4v) is 7.05. The van der Waals surface area contributed by atoms with E-state index in [0.717, 1.165) is 28.5 Å². The summed E-state index contributed by atoms with van der Waals surface area (Å²) in [6, 6.07) is 23.8. The Bertz CT molecular complexity index is 2660. The molecule has 4 aromatic carbocycles. The van der Waals surface area contributed by atoms with Crippen LogP contribution in [0.4, 0.5) is 11.4 Å². The van der Waals surface area contributed by atoms with E-state index in [1.54, 1.807) is 100 Å². The molecule has 68 heavy (non-hydrogen) atoms. The van der Waals surface area contributed by atoms with Gasteiger partial charge in [0.1, 0.15) is 12.1 Å². The van der Waals surface area contributed by atoms with Crippen LogP contribution in [0.25, 0.3) is 0 Å². The highest BCUT2D eigenvalue weighted by Crippen LogP contribution is 2.19. The number of nitrogens with zero attached hydrogens (tertiary/aromatic N) is 2. The number of hydrogen-bond donors (Lipinski definition) is 8. The van der Waals surface area contributed by atoms with Crippen molar-refractivity contribution in [3.8, 4) is 0 Å². The predicted molar refractivity (Wildman–Crippen MR) is 248 cm³/mol. The van der Waals surface area contributed by atoms with Crippen molar-refractivity contribution < 1.29 is 58.8 Å². The Hall–Kier alpha value is -9.06. The molecule has 0 aliphatic carbocycles. The number of amides is 4. The van der Waals surface area contributed by atoms with Crippen LogP contribution in [-0.2, 0) is 22.4 Å². The van der Waals surface area contributed by atoms with Gasteiger partial charge in [0.2, 0.25) is 0 Å². The molecule has 0 aliphatic heterocycles. The van der Waals surface area contributed by atoms with Crippen LogP contribution in [0.2, 0.25) is 0 Å². The van der Waals surface area contributed by atoms with Crippen molar-refractivity contribution in [3.05, 3.63) is 189 Å². The molecule has 18 heteroatoms. The lowest BCUT2D eigenvalue weighted by Gasteiger charge is -2.17. The Labute approximate surface area is 389 Å². The van der Waals surface area contributed by atoms with E-state index < -0.39 is 59.6 Å². The summed E-state index contributed by atoms with van der Waals surface area (Å²) in [4.78, 5) is 104. The number of aliphatic carboxylic acids is 2. The second kappa shape index (κ2) is 22.7. The van der Waals surface area contributed by atoms with Gasteiger partial charge in [-0.15, -0.1) is 0 Å². The first kappa shape index (κ1) is 49.9. The Morgan fingerprint density at radius 1 is 0.441 bits per heavy atom. The van der Waals surface area contributed by atoms with E-state index in [1.165, 1.54) is 30.7 Å². The van der Waals surface area contributed by atoms with Crippen LogP contribution in [-0.4, -0.2) is 90.0 Å². The maximum atomic E-state index is 12.7. The third kappa shape index (κ3) is 13.0. The van der Waals surface area contributed by atoms with Gasteiger partial charge in [0, 0.05) is 60.1 Å². The minimum Gasteiger partial charge on any atom is -0.480 e. The average Bonchev–Trinajstić information content (AvgIpc) is 3.29. The number of aryl methyl sites for hydroxylation is 4. The maximum Gasteiger partial charge on any atom is 0.338 e. The normalized spacial score (nSPS) is 11.4. The molecule has 0 bridgehead atoms. The van der Waals surface area contributed by atoms with E-state index in [2.05, 4.69) is 31.2 Å². The lowest BCUT2D eigenvalue weighted by Crippen LogP contribution is -2.42. The fraction of sp³-hybridized carbons (Fsp3) is 0.160. The first-order chi connectivity index (χ1) is 32.3. The molecule has 0 spiro atoms. The third-order valence-corrected chi connectivity index (χ3v) is 10.5. The van der Waals surface area contributed by atoms with Crippen molar-refractivity contribution in [1.29, 1.82) is 0 Å². The Balaban J connectivity index is 0.000000254. The molecule has 2 atom stereocenters. The van der Waals surface area contributed by atoms with Gasteiger partial charge in [-0.3, -0.25) is 29.1 Å². The van der Waals surface area contributed by atoms with E-state index in [-0.39, 0.29) is 35.1 Å². The minimum absolute atomic E-state index is 0.0337. The van der Waals surface area contributed by atoms with Gasteiger partial charge in [-0.2, -0.15) is 0 Å². The van der Waals surface area contributed by atoms with Crippen molar-refractivity contribution in [2.45, 2.75) is 52.6 Å². The summed E-state index contributed by atoms with van der Waals surface area (Å²) >= 11 is 0. The van der Waals surface area contributed by atoms with Gasteiger partial charge >= 0.3 is 23.9 Å². The smallest absolute Gasteiger partial charge is 0.338 e. The zero-order valence-corrected chi connectivity index (χ0v) is 37.1. The molecule has 4 amide bonds. The molecule has 18 nitrogen and oxygen atoms in total. The number of hydrogen-bond acceptors (Lipinski definition) is 10. The highest BCUT2D eigenvalue weighted by molar-refractivity contribution is 6.11. The highest BCUT2D eigenvalue weighted by Gasteiger charge is 2.25. The number of anilines is 2. The molecule has 0 fully saturated rings. The number of pyridine rings is 2. The number of carbonyl (C=O) groups excluding carboxylic acids is 4. The Kier molecular flexibility index (Phi) is 16.7. The zero-order chi connectivity index (χ0) is 49.7. The summed E-state index contributed by atoms with van der Waals surface area (Å²) < 4.78 is 0. The summed E-state index contributed by atoms with van der Waals surface area (Å²) in [7, 11) is 0. The first-order valence-corrected chi connectivity index (χ1v) is 20.7. The third-order valence-electron chi connectivity index (χ3n) is 10.5. The van der Waals surface area contributed by atoms with Crippen LogP contribution in [0.1, 0.15) is 95.5 Å². The van der Waals surface area contributed by atoms with Crippen molar-refractivity contribution >= 4 is 58.9 Å². The lowest BCUT2D eigenvalue weighted by molar-refractivity contribution is -0.140. The summed E-state index contributed by atoms with van der Waals surface area (Å²) in [5.41, 5.74) is 5.42. The zero-order valence-electron chi connectivity index (χ0n) is 37.1. The van der Waals surface area contributed by atoms with E-state index >= 15 is 0 Å². The summed E-state index contributed by atoms with van der Waals surface area (Å²) in [5, 5.41) is 48.0. The van der Waals surface area contributed by atoms with Gasteiger partial charge in [-0.1, -0.05) is 60.7 Å². The Morgan fingerprint density at radius 2 is 0.794 bits per heavy atom. The number of rotatable bonds is 16. The topological polar surface area (TPSA) is 291 Å². The van der Waals surface area contributed by atoms with Crippen molar-refractivity contribution in [2.24, 2.45) is 0 Å². The van der Waals surface area contributed by atoms with E-state index in [1.807, 2.05) is 12.1 Å². The summed E-state index contributed by atoms with van der Waals surface area (Å²) in [5.74, 6) is -7.03. The summed E-state index contributed by atoms with van der Waals surface area (Å²) in [6.07, 6.45) is 4.94. The van der Waals surface area contributed by atoms with Gasteiger partial charge in [-0.05, 0) is 97.5 Å². The van der Waals surface area contributed by atoms with Gasteiger partial charge in [-0.25, -0.2) is 19.2 Å². The van der Waals surface area contributed by atoms with Gasteiger partial charge in [0.05, 0.1) is 22.3 Å². The number of benzene rings is 4. The van der Waals surface area contributed by atoms with E-state index in [0.29, 0.717) is 33.6 Å². The SMILES string of the molecule is Cc1cccc(C)c1C(=O)NC(Cc1ccc(NC(=O)c2ccncc2C(=O)O)cc1)C(=O)O.Cc1cccc(C)c1C(=O)NC(Cc1ccc(NC(=O)c2cnccc2C(=O)O)cc1)C(=O)O. The molecule has 2 heterocycles. The van der Waals surface area contributed by atoms with Gasteiger partial charge < -0.3 is 41.7 Å². The van der Waals surface area contributed by atoms with Gasteiger partial charge in [0.15, 0.2) is 0 Å². The number of nitrogens with one attached hydrogen (secondary N) is 4. The van der Waals surface area contributed by atoms with Crippen LogP contribution in [0.5, 0.6) is 0 Å². The molecule has 0 saturated heterocycles. The van der Waals surface area contributed by atoms with Crippen molar-refractivity contribution in [3.63, 3.8) is 0 Å². The molecule has 348 valence electrons. The Morgan fingerprint density at radius 3 is 1.16 bits per heavy atom. The van der Waals surface area contributed by atoms with E-state index in [4.69, 9.17) is 0 Å². The molecule has 0 aliphatic rings. The number of carboxylic acids is 4. The molecule has 6 rings (SSSR count). The lowest BCUT2D eigenvalue weighted by atomic mass is 10.0. The fourth-order valence-electron chi connectivity index (χ4n) is 7.05. The van der Waals surface area contributed by atoms with E-state index in [9.17, 15) is 58.8 Å². The average molecular weight is 923 g/mol. The molecule has 0 radical (unpaired) electrons. The van der Waals surface area contributed by atoms with Crippen molar-refractivity contribution in [2.75, 3.05) is 10.6 Å². The molecule has 2 aromatic heterocycles. The second-order valence-electron chi connectivity index (χ2n) is 15.4. The standard InChI is InChI=1S/2C25H23N3O6/c1-14-4-3-5-15(2)21(14)23(30)28-20(25(33)34)12-16-6-8-17(9-7-16)27-22(29)19-13-26-11-10-18(19)24(31)32;1-14-4-3-5-15(2)21(14)23(30)28-20(25(33)34)12-16-6-8-17(9-7-16)27-22(29)18-10-11-26-13-19(18)24(31)32/h2*3-11,13,20H,12H2,1-2H3,(H,27,29)(H,28,30)(H,31,32)(H,33,34).